The SMILES string of the molecule is Cc1nn(C)cc1C(O)C(O)C#N. The van der Waals surface area contributed by atoms with Gasteiger partial charge in [0.1, 0.15) is 6.10 Å². The van der Waals surface area contributed by atoms with E-state index in [-0.39, 0.29) is 0 Å². The van der Waals surface area contributed by atoms with Crippen LogP contribution in [0, 0.1) is 18.3 Å². The molecule has 0 aliphatic heterocycles. The van der Waals surface area contributed by atoms with Gasteiger partial charge in [-0.15, -0.1) is 0 Å². The van der Waals surface area contributed by atoms with E-state index in [2.05, 4.69) is 5.10 Å². The molecular formula is C8H11N3O2. The van der Waals surface area contributed by atoms with Gasteiger partial charge in [-0.2, -0.15) is 10.4 Å². The number of nitriles is 1. The van der Waals surface area contributed by atoms with Crippen LogP contribution in [0.4, 0.5) is 0 Å². The Labute approximate surface area is 75.8 Å². The van der Waals surface area contributed by atoms with Crippen LogP contribution < -0.4 is 0 Å². The summed E-state index contributed by atoms with van der Waals surface area (Å²) in [5.41, 5.74) is 1.10. The molecule has 0 aliphatic rings. The highest BCUT2D eigenvalue weighted by Gasteiger charge is 2.21. The number of nitrogens with zero attached hydrogens (tertiary/aromatic N) is 3. The largest absolute Gasteiger partial charge is 0.384 e. The molecule has 0 aliphatic carbocycles. The molecule has 5 nitrogen and oxygen atoms in total. The number of aliphatic hydroxyl groups excluding tert-OH is 2. The van der Waals surface area contributed by atoms with Crippen LogP contribution in [0.5, 0.6) is 0 Å². The Morgan fingerprint density at radius 2 is 2.23 bits per heavy atom. The van der Waals surface area contributed by atoms with Crippen LogP contribution in [0.2, 0.25) is 0 Å². The predicted molar refractivity (Wildman–Crippen MR) is 44.5 cm³/mol. The van der Waals surface area contributed by atoms with Gasteiger partial charge in [0.15, 0.2) is 6.10 Å². The summed E-state index contributed by atoms with van der Waals surface area (Å²) in [7, 11) is 1.71. The Morgan fingerprint density at radius 1 is 1.62 bits per heavy atom. The zero-order chi connectivity index (χ0) is 10.0. The summed E-state index contributed by atoms with van der Waals surface area (Å²) in [6.07, 6.45) is -0.998. The number of aliphatic hydroxyl groups is 2. The van der Waals surface area contributed by atoms with Crippen molar-refractivity contribution in [3.63, 3.8) is 0 Å². The van der Waals surface area contributed by atoms with Crippen LogP contribution >= 0.6 is 0 Å². The van der Waals surface area contributed by atoms with Gasteiger partial charge in [0, 0.05) is 18.8 Å². The number of aromatic nitrogens is 2. The number of hydrogen-bond acceptors (Lipinski definition) is 4. The molecule has 0 spiro atoms. The van der Waals surface area contributed by atoms with E-state index in [9.17, 15) is 5.11 Å². The van der Waals surface area contributed by atoms with Crippen molar-refractivity contribution in [2.75, 3.05) is 0 Å². The van der Waals surface area contributed by atoms with Crippen molar-refractivity contribution in [3.8, 4) is 6.07 Å². The second kappa shape index (κ2) is 3.56. The monoisotopic (exact) mass is 181 g/mol. The van der Waals surface area contributed by atoms with Gasteiger partial charge in [-0.3, -0.25) is 4.68 Å². The molecule has 0 bridgehead atoms. The molecule has 13 heavy (non-hydrogen) atoms. The highest BCUT2D eigenvalue weighted by Crippen LogP contribution is 2.18. The van der Waals surface area contributed by atoms with E-state index in [4.69, 9.17) is 10.4 Å². The Bertz CT molecular complexity index is 340. The zero-order valence-corrected chi connectivity index (χ0v) is 7.47. The van der Waals surface area contributed by atoms with Gasteiger partial charge in [0.2, 0.25) is 0 Å². The van der Waals surface area contributed by atoms with E-state index in [0.29, 0.717) is 11.3 Å². The van der Waals surface area contributed by atoms with E-state index in [1.165, 1.54) is 4.68 Å². The molecule has 1 heterocycles. The second-order valence-corrected chi connectivity index (χ2v) is 2.86. The van der Waals surface area contributed by atoms with E-state index in [1.54, 1.807) is 26.2 Å². The first-order valence-electron chi connectivity index (χ1n) is 3.82. The van der Waals surface area contributed by atoms with E-state index < -0.39 is 12.2 Å². The number of rotatable bonds is 2. The first-order chi connectivity index (χ1) is 6.06. The van der Waals surface area contributed by atoms with Crippen LogP contribution in [-0.4, -0.2) is 26.1 Å². The molecule has 0 saturated heterocycles. The summed E-state index contributed by atoms with van der Waals surface area (Å²) < 4.78 is 1.53. The Morgan fingerprint density at radius 3 is 2.62 bits per heavy atom. The lowest BCUT2D eigenvalue weighted by atomic mass is 10.1. The minimum Gasteiger partial charge on any atom is -0.384 e. The molecule has 0 saturated carbocycles. The molecule has 70 valence electrons. The zero-order valence-electron chi connectivity index (χ0n) is 7.47. The highest BCUT2D eigenvalue weighted by molar-refractivity contribution is 5.21. The van der Waals surface area contributed by atoms with Gasteiger partial charge >= 0.3 is 0 Å². The summed E-state index contributed by atoms with van der Waals surface area (Å²) in [5, 5.41) is 30.9. The third-order valence-corrected chi connectivity index (χ3v) is 1.80. The first kappa shape index (κ1) is 9.71. The standard InChI is InChI=1S/C8H11N3O2/c1-5-6(4-11(2)10-5)8(13)7(12)3-9/h4,7-8,12-13H,1-2H3. The molecule has 0 amide bonds. The van der Waals surface area contributed by atoms with Crippen molar-refractivity contribution in [1.29, 1.82) is 5.26 Å². The second-order valence-electron chi connectivity index (χ2n) is 2.86. The van der Waals surface area contributed by atoms with Crippen molar-refractivity contribution in [2.24, 2.45) is 7.05 Å². The molecule has 0 fully saturated rings. The maximum absolute atomic E-state index is 9.46. The van der Waals surface area contributed by atoms with Crippen molar-refractivity contribution in [1.82, 2.24) is 9.78 Å². The molecule has 0 aromatic carbocycles. The minimum atomic E-state index is -1.40. The summed E-state index contributed by atoms with van der Waals surface area (Å²) in [4.78, 5) is 0. The molecule has 1 aromatic rings. The maximum Gasteiger partial charge on any atom is 0.170 e. The van der Waals surface area contributed by atoms with E-state index in [1.807, 2.05) is 0 Å². The highest BCUT2D eigenvalue weighted by atomic mass is 16.3. The summed E-state index contributed by atoms with van der Waals surface area (Å²) in [6, 6.07) is 1.57. The summed E-state index contributed by atoms with van der Waals surface area (Å²) in [6.45, 7) is 1.71. The quantitative estimate of drug-likeness (QED) is 0.611. The molecule has 2 unspecified atom stereocenters. The average molecular weight is 181 g/mol. The lowest BCUT2D eigenvalue weighted by molar-refractivity contribution is 0.0523. The lowest BCUT2D eigenvalue weighted by Gasteiger charge is -2.09. The van der Waals surface area contributed by atoms with Crippen molar-refractivity contribution >= 4 is 0 Å². The molecule has 1 rings (SSSR count). The van der Waals surface area contributed by atoms with Gasteiger partial charge in [0.05, 0.1) is 11.8 Å². The topological polar surface area (TPSA) is 82.1 Å². The van der Waals surface area contributed by atoms with Gasteiger partial charge in [-0.25, -0.2) is 0 Å². The maximum atomic E-state index is 9.46. The molecule has 5 heteroatoms. The smallest absolute Gasteiger partial charge is 0.170 e. The van der Waals surface area contributed by atoms with E-state index >= 15 is 0 Å². The third kappa shape index (κ3) is 1.86. The third-order valence-electron chi connectivity index (χ3n) is 1.80. The molecule has 2 N–H and O–H groups in total. The minimum absolute atomic E-state index is 0.483. The Hall–Kier alpha value is -1.38. The van der Waals surface area contributed by atoms with Gasteiger partial charge < -0.3 is 10.2 Å². The Balaban J connectivity index is 2.95. The average Bonchev–Trinajstić information content (AvgIpc) is 2.42. The lowest BCUT2D eigenvalue weighted by Crippen LogP contribution is -2.16. The number of aryl methyl sites for hydroxylation is 2. The summed E-state index contributed by atoms with van der Waals surface area (Å²) in [5.74, 6) is 0. The van der Waals surface area contributed by atoms with Crippen molar-refractivity contribution in [3.05, 3.63) is 17.5 Å². The predicted octanol–water partition coefficient (Wildman–Crippen LogP) is -0.354. The fourth-order valence-electron chi connectivity index (χ4n) is 1.15. The van der Waals surface area contributed by atoms with Crippen LogP contribution in [0.15, 0.2) is 6.20 Å². The normalized spacial score (nSPS) is 15.0. The first-order valence-corrected chi connectivity index (χ1v) is 3.82. The van der Waals surface area contributed by atoms with Crippen LogP contribution in [0.3, 0.4) is 0 Å². The summed E-state index contributed by atoms with van der Waals surface area (Å²) >= 11 is 0. The number of hydrogen-bond donors (Lipinski definition) is 2. The molecular weight excluding hydrogens is 170 g/mol. The Kier molecular flexibility index (Phi) is 2.66. The van der Waals surface area contributed by atoms with Gasteiger partial charge in [-0.1, -0.05) is 0 Å². The van der Waals surface area contributed by atoms with Crippen LogP contribution in [0.25, 0.3) is 0 Å². The molecule has 2 atom stereocenters. The van der Waals surface area contributed by atoms with Crippen LogP contribution in [-0.2, 0) is 7.05 Å². The van der Waals surface area contributed by atoms with Crippen molar-refractivity contribution in [2.45, 2.75) is 19.1 Å². The molecule has 0 radical (unpaired) electrons. The van der Waals surface area contributed by atoms with E-state index in [0.717, 1.165) is 0 Å². The van der Waals surface area contributed by atoms with Crippen molar-refractivity contribution < 1.29 is 10.2 Å². The van der Waals surface area contributed by atoms with Gasteiger partial charge in [0.25, 0.3) is 0 Å². The fourth-order valence-corrected chi connectivity index (χ4v) is 1.15. The fraction of sp³-hybridized carbons (Fsp3) is 0.500. The van der Waals surface area contributed by atoms with Crippen LogP contribution in [0.1, 0.15) is 17.4 Å². The van der Waals surface area contributed by atoms with Gasteiger partial charge in [-0.05, 0) is 6.92 Å². The molecule has 1 aromatic heterocycles.